The van der Waals surface area contributed by atoms with Crippen molar-refractivity contribution in [2.24, 2.45) is 23.7 Å². The SMILES string of the molecule is O=C(NO)[C@H]1C[C@@H]1C(=O)N1CC2(c3ccc(Cl)c(Cl)c3)C3C1[C@@H]32. The molecule has 6 rings (SSSR count). The molecule has 0 radical (unpaired) electrons. The number of amides is 2. The van der Waals surface area contributed by atoms with E-state index >= 15 is 0 Å². The Morgan fingerprint density at radius 2 is 1.96 bits per heavy atom. The van der Waals surface area contributed by atoms with E-state index in [0.29, 0.717) is 40.9 Å². The molecule has 3 aliphatic carbocycles. The first-order valence-electron chi connectivity index (χ1n) is 7.70. The van der Waals surface area contributed by atoms with Crippen LogP contribution in [0.3, 0.4) is 0 Å². The van der Waals surface area contributed by atoms with Crippen molar-refractivity contribution < 1.29 is 14.8 Å². The highest BCUT2D eigenvalue weighted by molar-refractivity contribution is 6.42. The summed E-state index contributed by atoms with van der Waals surface area (Å²) in [5.74, 6) is 0.0186. The van der Waals surface area contributed by atoms with Gasteiger partial charge in [0, 0.05) is 18.0 Å². The summed E-state index contributed by atoms with van der Waals surface area (Å²) in [6.45, 7) is 0.702. The van der Waals surface area contributed by atoms with Crippen LogP contribution in [0.25, 0.3) is 0 Å². The summed E-state index contributed by atoms with van der Waals surface area (Å²) < 4.78 is 0. The number of piperidine rings is 1. The minimum Gasteiger partial charge on any atom is -0.338 e. The fourth-order valence-electron chi connectivity index (χ4n) is 4.81. The molecule has 1 aromatic rings. The average Bonchev–Trinajstić information content (AvgIpc) is 3.48. The fourth-order valence-corrected chi connectivity index (χ4v) is 5.11. The second-order valence-corrected chi connectivity index (χ2v) is 7.92. The van der Waals surface area contributed by atoms with Gasteiger partial charge in [0.15, 0.2) is 0 Å². The van der Waals surface area contributed by atoms with Gasteiger partial charge < -0.3 is 4.90 Å². The Hall–Kier alpha value is -1.30. The first-order chi connectivity index (χ1) is 11.0. The zero-order chi connectivity index (χ0) is 16.1. The zero-order valence-corrected chi connectivity index (χ0v) is 13.5. The lowest BCUT2D eigenvalue weighted by atomic mass is 9.88. The van der Waals surface area contributed by atoms with Gasteiger partial charge in [-0.1, -0.05) is 29.3 Å². The molecule has 2 N–H and O–H groups in total. The number of carbonyl (C=O) groups is 2. The number of fused-ring (bicyclic) bond motifs is 1. The molecule has 23 heavy (non-hydrogen) atoms. The molecule has 0 aromatic heterocycles. The van der Waals surface area contributed by atoms with Gasteiger partial charge in [-0.25, -0.2) is 5.48 Å². The molecule has 1 aromatic carbocycles. The molecule has 2 saturated heterocycles. The number of halogens is 2. The van der Waals surface area contributed by atoms with Gasteiger partial charge in [-0.15, -0.1) is 0 Å². The predicted molar refractivity (Wildman–Crippen MR) is 82.1 cm³/mol. The van der Waals surface area contributed by atoms with Crippen molar-refractivity contribution in [1.29, 1.82) is 0 Å². The molecule has 7 heteroatoms. The summed E-state index contributed by atoms with van der Waals surface area (Å²) in [6.07, 6.45) is 0.531. The molecule has 5 nitrogen and oxygen atoms in total. The lowest BCUT2D eigenvalue weighted by Crippen LogP contribution is -2.33. The van der Waals surface area contributed by atoms with Crippen molar-refractivity contribution in [3.63, 3.8) is 0 Å². The van der Waals surface area contributed by atoms with Crippen molar-refractivity contribution in [3.8, 4) is 0 Å². The van der Waals surface area contributed by atoms with Gasteiger partial charge in [0.25, 0.3) is 0 Å². The molecule has 120 valence electrons. The van der Waals surface area contributed by atoms with Gasteiger partial charge in [0.2, 0.25) is 11.8 Å². The summed E-state index contributed by atoms with van der Waals surface area (Å²) in [5, 5.41) is 9.76. The van der Waals surface area contributed by atoms with E-state index in [0.717, 1.165) is 5.56 Å². The third-order valence-electron chi connectivity index (χ3n) is 6.15. The van der Waals surface area contributed by atoms with Crippen molar-refractivity contribution in [3.05, 3.63) is 33.8 Å². The Morgan fingerprint density at radius 3 is 2.61 bits per heavy atom. The minimum atomic E-state index is -0.457. The number of benzene rings is 1. The zero-order valence-electron chi connectivity index (χ0n) is 12.0. The standard InChI is InChI=1S/C16H14Cl2N2O3/c17-9-2-1-6(3-10(9)18)16-5-20(13-11(16)12(13)16)15(22)8-4-7(8)14(21)19-23/h1-3,7-8,11-13,23H,4-5H2,(H,19,21)/t7-,8-,11+,12?,13?,16?/m0/s1. The van der Waals surface area contributed by atoms with Gasteiger partial charge >= 0.3 is 0 Å². The molecule has 5 fully saturated rings. The first kappa shape index (κ1) is 14.1. The third-order valence-corrected chi connectivity index (χ3v) is 6.89. The largest absolute Gasteiger partial charge is 0.338 e. The second-order valence-electron chi connectivity index (χ2n) is 7.10. The van der Waals surface area contributed by atoms with Crippen LogP contribution in [0, 0.1) is 23.7 Å². The van der Waals surface area contributed by atoms with Crippen LogP contribution in [0.5, 0.6) is 0 Å². The van der Waals surface area contributed by atoms with Crippen LogP contribution in [0.15, 0.2) is 18.2 Å². The maximum absolute atomic E-state index is 12.6. The van der Waals surface area contributed by atoms with Crippen LogP contribution in [-0.4, -0.2) is 34.5 Å². The summed E-state index contributed by atoms with van der Waals surface area (Å²) in [4.78, 5) is 25.9. The van der Waals surface area contributed by atoms with E-state index in [1.54, 1.807) is 5.48 Å². The van der Waals surface area contributed by atoms with Crippen LogP contribution in [0.1, 0.15) is 12.0 Å². The van der Waals surface area contributed by atoms with Crippen molar-refractivity contribution in [1.82, 2.24) is 10.4 Å². The highest BCUT2D eigenvalue weighted by Crippen LogP contribution is 2.84. The Bertz CT molecular complexity index is 758. The van der Waals surface area contributed by atoms with E-state index < -0.39 is 5.91 Å². The quantitative estimate of drug-likeness (QED) is 0.644. The number of nitrogens with zero attached hydrogens (tertiary/aromatic N) is 1. The van der Waals surface area contributed by atoms with E-state index in [1.807, 2.05) is 23.1 Å². The number of carbonyl (C=O) groups excluding carboxylic acids is 2. The van der Waals surface area contributed by atoms with E-state index in [9.17, 15) is 9.59 Å². The number of nitrogens with one attached hydrogen (secondary N) is 1. The molecular formula is C16H14Cl2N2O3. The summed E-state index contributed by atoms with van der Waals surface area (Å²) in [7, 11) is 0. The van der Waals surface area contributed by atoms with Crippen LogP contribution >= 0.6 is 23.2 Å². The fraction of sp³-hybridized carbons (Fsp3) is 0.500. The third kappa shape index (κ3) is 1.63. The van der Waals surface area contributed by atoms with Gasteiger partial charge in [-0.05, 0) is 36.0 Å². The van der Waals surface area contributed by atoms with Crippen LogP contribution in [0.2, 0.25) is 10.0 Å². The van der Waals surface area contributed by atoms with Gasteiger partial charge in [0.05, 0.1) is 21.9 Å². The van der Waals surface area contributed by atoms with E-state index in [2.05, 4.69) is 0 Å². The summed E-state index contributed by atoms with van der Waals surface area (Å²) >= 11 is 12.1. The lowest BCUT2D eigenvalue weighted by Gasteiger charge is -2.17. The normalized spacial score (nSPS) is 41.3. The number of hydrogen-bond donors (Lipinski definition) is 2. The first-order valence-corrected chi connectivity index (χ1v) is 8.46. The minimum absolute atomic E-state index is 0.0514. The molecule has 0 spiro atoms. The number of hydroxylamine groups is 1. The predicted octanol–water partition coefficient (Wildman–Crippen LogP) is 1.84. The highest BCUT2D eigenvalue weighted by atomic mass is 35.5. The Balaban J connectivity index is 1.34. The topological polar surface area (TPSA) is 69.6 Å². The molecule has 3 saturated carbocycles. The van der Waals surface area contributed by atoms with Crippen molar-refractivity contribution in [2.45, 2.75) is 17.9 Å². The van der Waals surface area contributed by atoms with E-state index in [1.165, 1.54) is 0 Å². The second kappa shape index (κ2) is 4.21. The van der Waals surface area contributed by atoms with Crippen LogP contribution in [-0.2, 0) is 15.0 Å². The monoisotopic (exact) mass is 352 g/mol. The van der Waals surface area contributed by atoms with E-state index in [4.69, 9.17) is 28.4 Å². The maximum Gasteiger partial charge on any atom is 0.247 e. The molecular weight excluding hydrogens is 339 g/mol. The van der Waals surface area contributed by atoms with Crippen molar-refractivity contribution in [2.75, 3.05) is 6.54 Å². The van der Waals surface area contributed by atoms with Gasteiger partial charge in [-0.2, -0.15) is 0 Å². The number of hydrogen-bond acceptors (Lipinski definition) is 3. The van der Waals surface area contributed by atoms with Gasteiger partial charge in [-0.3, -0.25) is 14.8 Å². The molecule has 2 heterocycles. The molecule has 2 bridgehead atoms. The molecule has 6 atom stereocenters. The van der Waals surface area contributed by atoms with Crippen molar-refractivity contribution >= 4 is 35.0 Å². The van der Waals surface area contributed by atoms with Crippen LogP contribution < -0.4 is 5.48 Å². The molecule has 3 unspecified atom stereocenters. The maximum atomic E-state index is 12.6. The highest BCUT2D eigenvalue weighted by Gasteiger charge is 2.91. The number of rotatable bonds is 3. The average molecular weight is 353 g/mol. The smallest absolute Gasteiger partial charge is 0.247 e. The summed E-state index contributed by atoms with van der Waals surface area (Å²) in [5.41, 5.74) is 2.85. The Morgan fingerprint density at radius 1 is 1.22 bits per heavy atom. The van der Waals surface area contributed by atoms with Gasteiger partial charge in [0.1, 0.15) is 0 Å². The molecule has 5 aliphatic rings. The Labute approximate surface area is 142 Å². The van der Waals surface area contributed by atoms with E-state index in [-0.39, 0.29) is 23.2 Å². The Kier molecular flexibility index (Phi) is 2.57. The summed E-state index contributed by atoms with van der Waals surface area (Å²) in [6, 6.07) is 6.06. The van der Waals surface area contributed by atoms with Crippen LogP contribution in [0.4, 0.5) is 0 Å². The molecule has 2 amide bonds. The lowest BCUT2D eigenvalue weighted by molar-refractivity contribution is -0.136. The molecule has 2 aliphatic heterocycles.